The van der Waals surface area contributed by atoms with E-state index in [1.165, 1.54) is 23.5 Å². The van der Waals surface area contributed by atoms with Crippen molar-refractivity contribution in [1.82, 2.24) is 4.98 Å². The van der Waals surface area contributed by atoms with Crippen molar-refractivity contribution in [3.63, 3.8) is 0 Å². The molecule has 1 aromatic heterocycles. The van der Waals surface area contributed by atoms with Crippen LogP contribution >= 0.6 is 11.3 Å². The molecular weight excluding hydrogens is 228 g/mol. The minimum atomic E-state index is 0.151. The van der Waals surface area contributed by atoms with Gasteiger partial charge in [0.05, 0.1) is 10.7 Å². The summed E-state index contributed by atoms with van der Waals surface area (Å²) in [6.07, 6.45) is 3.37. The lowest BCUT2D eigenvalue weighted by Gasteiger charge is -2.26. The maximum atomic E-state index is 5.91. The number of hydrogen-bond donors (Lipinski definition) is 1. The molecule has 1 aromatic rings. The third-order valence-electron chi connectivity index (χ3n) is 3.24. The summed E-state index contributed by atoms with van der Waals surface area (Å²) in [5.74, 6) is 0. The lowest BCUT2D eigenvalue weighted by molar-refractivity contribution is 0.302. The zero-order valence-electron chi connectivity index (χ0n) is 11.8. The molecule has 0 aliphatic heterocycles. The summed E-state index contributed by atoms with van der Waals surface area (Å²) < 4.78 is 0. The Hall–Kier alpha value is -0.410. The molecule has 1 rings (SSSR count). The maximum absolute atomic E-state index is 5.91. The Morgan fingerprint density at radius 1 is 1.29 bits per heavy atom. The average Bonchev–Trinajstić information content (AvgIpc) is 2.66. The van der Waals surface area contributed by atoms with Gasteiger partial charge in [-0.25, -0.2) is 4.98 Å². The molecule has 2 N–H and O–H groups in total. The zero-order valence-corrected chi connectivity index (χ0v) is 12.7. The third kappa shape index (κ3) is 4.07. The summed E-state index contributed by atoms with van der Waals surface area (Å²) in [6.45, 7) is 11.9. The minimum absolute atomic E-state index is 0.151. The van der Waals surface area contributed by atoms with Crippen molar-refractivity contribution in [2.45, 2.75) is 59.3 Å². The summed E-state index contributed by atoms with van der Waals surface area (Å²) >= 11 is 1.78. The van der Waals surface area contributed by atoms with E-state index in [1.54, 1.807) is 11.3 Å². The van der Waals surface area contributed by atoms with Gasteiger partial charge >= 0.3 is 0 Å². The molecular formula is C14H26N2S. The fourth-order valence-corrected chi connectivity index (χ4v) is 3.20. The van der Waals surface area contributed by atoms with Crippen LogP contribution in [-0.2, 0) is 11.8 Å². The summed E-state index contributed by atoms with van der Waals surface area (Å²) in [5, 5.41) is 3.43. The summed E-state index contributed by atoms with van der Waals surface area (Å²) in [7, 11) is 0. The first kappa shape index (κ1) is 14.7. The fourth-order valence-electron chi connectivity index (χ4n) is 1.97. The Morgan fingerprint density at radius 2 is 1.94 bits per heavy atom. The van der Waals surface area contributed by atoms with Crippen molar-refractivity contribution in [3.05, 3.63) is 16.1 Å². The van der Waals surface area contributed by atoms with E-state index in [9.17, 15) is 0 Å². The van der Waals surface area contributed by atoms with Crippen molar-refractivity contribution in [1.29, 1.82) is 0 Å². The maximum Gasteiger partial charge on any atom is 0.0934 e. The second kappa shape index (κ2) is 5.49. The Bertz CT molecular complexity index is 351. The van der Waals surface area contributed by atoms with E-state index in [0.717, 1.165) is 13.0 Å². The van der Waals surface area contributed by atoms with E-state index in [4.69, 9.17) is 10.7 Å². The molecule has 0 amide bonds. The van der Waals surface area contributed by atoms with Gasteiger partial charge in [-0.15, -0.1) is 11.3 Å². The highest BCUT2D eigenvalue weighted by atomic mass is 32.1. The first-order valence-corrected chi connectivity index (χ1v) is 7.33. The molecule has 98 valence electrons. The minimum Gasteiger partial charge on any atom is -0.330 e. The smallest absolute Gasteiger partial charge is 0.0934 e. The third-order valence-corrected chi connectivity index (χ3v) is 4.09. The first-order chi connectivity index (χ1) is 7.80. The fraction of sp³-hybridized carbons (Fsp3) is 0.786. The highest BCUT2D eigenvalue weighted by Gasteiger charge is 2.25. The van der Waals surface area contributed by atoms with Gasteiger partial charge in [0.15, 0.2) is 0 Å². The van der Waals surface area contributed by atoms with Crippen LogP contribution in [0.15, 0.2) is 5.38 Å². The van der Waals surface area contributed by atoms with Crippen molar-refractivity contribution >= 4 is 11.3 Å². The second-order valence-electron chi connectivity index (χ2n) is 6.32. The molecule has 3 heteroatoms. The molecule has 0 fully saturated rings. The van der Waals surface area contributed by atoms with Crippen LogP contribution < -0.4 is 5.73 Å². The number of nitrogens with zero attached hydrogens (tertiary/aromatic N) is 1. The van der Waals surface area contributed by atoms with Crippen LogP contribution in [0.3, 0.4) is 0 Å². The van der Waals surface area contributed by atoms with Crippen LogP contribution in [0.5, 0.6) is 0 Å². The Balaban J connectivity index is 2.78. The van der Waals surface area contributed by atoms with Gasteiger partial charge in [-0.3, -0.25) is 0 Å². The van der Waals surface area contributed by atoms with Gasteiger partial charge in [-0.2, -0.15) is 0 Å². The van der Waals surface area contributed by atoms with E-state index in [-0.39, 0.29) is 10.8 Å². The molecule has 0 aromatic carbocycles. The quantitative estimate of drug-likeness (QED) is 0.869. The van der Waals surface area contributed by atoms with E-state index < -0.39 is 0 Å². The average molecular weight is 254 g/mol. The molecule has 0 saturated heterocycles. The molecule has 0 aliphatic rings. The van der Waals surface area contributed by atoms with E-state index in [1.807, 2.05) is 0 Å². The lowest BCUT2D eigenvalue weighted by atomic mass is 9.82. The topological polar surface area (TPSA) is 38.9 Å². The summed E-state index contributed by atoms with van der Waals surface area (Å²) in [5.41, 5.74) is 7.47. The Labute approximate surface area is 110 Å². The zero-order chi connectivity index (χ0) is 13.1. The molecule has 1 heterocycles. The highest BCUT2D eigenvalue weighted by Crippen LogP contribution is 2.30. The normalized spacial score (nSPS) is 15.9. The van der Waals surface area contributed by atoms with Crippen LogP contribution in [-0.4, -0.2) is 11.5 Å². The molecule has 1 atom stereocenters. The van der Waals surface area contributed by atoms with Crippen LogP contribution in [0.2, 0.25) is 0 Å². The molecule has 0 spiro atoms. The predicted molar refractivity (Wildman–Crippen MR) is 76.6 cm³/mol. The van der Waals surface area contributed by atoms with Gasteiger partial charge in [0.1, 0.15) is 0 Å². The Kier molecular flexibility index (Phi) is 4.73. The molecule has 0 bridgehead atoms. The molecule has 1 unspecified atom stereocenters. The van der Waals surface area contributed by atoms with Gasteiger partial charge in [-0.1, -0.05) is 41.0 Å². The van der Waals surface area contributed by atoms with Crippen molar-refractivity contribution in [2.75, 3.05) is 6.54 Å². The van der Waals surface area contributed by atoms with E-state index >= 15 is 0 Å². The molecule has 17 heavy (non-hydrogen) atoms. The van der Waals surface area contributed by atoms with Crippen LogP contribution in [0, 0.1) is 5.41 Å². The largest absolute Gasteiger partial charge is 0.330 e. The van der Waals surface area contributed by atoms with Gasteiger partial charge < -0.3 is 5.73 Å². The van der Waals surface area contributed by atoms with E-state index in [2.05, 4.69) is 40.0 Å². The van der Waals surface area contributed by atoms with Crippen LogP contribution in [0.25, 0.3) is 0 Å². The molecule has 0 saturated carbocycles. The van der Waals surface area contributed by atoms with Crippen molar-refractivity contribution in [3.8, 4) is 0 Å². The number of thiazole rings is 1. The number of aromatic nitrogens is 1. The predicted octanol–water partition coefficient (Wildman–Crippen LogP) is 3.75. The number of nitrogens with two attached hydrogens (primary N) is 1. The van der Waals surface area contributed by atoms with Gasteiger partial charge in [0.25, 0.3) is 0 Å². The van der Waals surface area contributed by atoms with Gasteiger partial charge in [-0.05, 0) is 18.4 Å². The van der Waals surface area contributed by atoms with Gasteiger partial charge in [0, 0.05) is 17.2 Å². The molecule has 0 aliphatic carbocycles. The molecule has 2 nitrogen and oxygen atoms in total. The van der Waals surface area contributed by atoms with Crippen LogP contribution in [0.1, 0.15) is 58.2 Å². The number of hydrogen-bond acceptors (Lipinski definition) is 3. The second-order valence-corrected chi connectivity index (χ2v) is 7.26. The van der Waals surface area contributed by atoms with Gasteiger partial charge in [0.2, 0.25) is 0 Å². The van der Waals surface area contributed by atoms with Crippen molar-refractivity contribution < 1.29 is 0 Å². The van der Waals surface area contributed by atoms with Crippen LogP contribution in [0.4, 0.5) is 0 Å². The van der Waals surface area contributed by atoms with Crippen molar-refractivity contribution in [2.24, 2.45) is 11.1 Å². The van der Waals surface area contributed by atoms with E-state index in [0.29, 0.717) is 0 Å². The first-order valence-electron chi connectivity index (χ1n) is 6.46. The standard InChI is InChI=1S/C14H26N2S/c1-6-7-14(5,10-15)8-12-16-11(9-17-12)13(2,3)4/h9H,6-8,10,15H2,1-5H3. The molecule has 0 radical (unpaired) electrons. The summed E-state index contributed by atoms with van der Waals surface area (Å²) in [4.78, 5) is 4.76. The SMILES string of the molecule is CCCC(C)(CN)Cc1nc(C(C)(C)C)cs1. The number of rotatable bonds is 5. The monoisotopic (exact) mass is 254 g/mol. The highest BCUT2D eigenvalue weighted by molar-refractivity contribution is 7.09. The summed E-state index contributed by atoms with van der Waals surface area (Å²) in [6, 6.07) is 0. The lowest BCUT2D eigenvalue weighted by Crippen LogP contribution is -2.29. The Morgan fingerprint density at radius 3 is 2.35 bits per heavy atom.